The molecular weight excluding hydrogens is 236 g/mol. The van der Waals surface area contributed by atoms with Crippen LogP contribution in [0.1, 0.15) is 32.8 Å². The van der Waals surface area contributed by atoms with Crippen molar-refractivity contribution in [3.05, 3.63) is 28.7 Å². The third kappa shape index (κ3) is 2.22. The molecule has 1 aromatic rings. The molecule has 0 atom stereocenters. The van der Waals surface area contributed by atoms with E-state index >= 15 is 0 Å². The van der Waals surface area contributed by atoms with Crippen molar-refractivity contribution in [3.8, 4) is 5.75 Å². The highest BCUT2D eigenvalue weighted by Gasteiger charge is 2.32. The fourth-order valence-corrected chi connectivity index (χ4v) is 3.84. The number of hydrogen-bond donors (Lipinski definition) is 1. The van der Waals surface area contributed by atoms with E-state index in [1.807, 2.05) is 20.8 Å². The minimum absolute atomic E-state index is 0.0160. The highest BCUT2D eigenvalue weighted by Crippen LogP contribution is 2.39. The Balaban J connectivity index is 2.50. The maximum Gasteiger partial charge on any atom is 0.203 e. The highest BCUT2D eigenvalue weighted by molar-refractivity contribution is 7.95. The molecule has 4 heteroatoms. The van der Waals surface area contributed by atoms with Crippen molar-refractivity contribution in [2.45, 2.75) is 32.1 Å². The number of allylic oxidation sites excluding steroid dienone is 1. The molecule has 0 aromatic heterocycles. The monoisotopic (exact) mass is 252 g/mol. The zero-order chi connectivity index (χ0) is 12.8. The zero-order valence-electron chi connectivity index (χ0n) is 10.2. The fraction of sp³-hybridized carbons (Fsp3) is 0.385. The average molecular weight is 252 g/mol. The smallest absolute Gasteiger partial charge is 0.203 e. The lowest BCUT2D eigenvalue weighted by Gasteiger charge is -2.18. The molecule has 0 fully saturated rings. The first-order valence-corrected chi connectivity index (χ1v) is 6.97. The van der Waals surface area contributed by atoms with Crippen LogP contribution in [-0.4, -0.2) is 13.5 Å². The molecule has 0 saturated carbocycles. The van der Waals surface area contributed by atoms with E-state index in [1.165, 1.54) is 12.1 Å². The Morgan fingerprint density at radius 3 is 2.47 bits per heavy atom. The quantitative estimate of drug-likeness (QED) is 0.836. The molecule has 1 aliphatic heterocycles. The number of sulfone groups is 1. The molecule has 1 N–H and O–H groups in total. The van der Waals surface area contributed by atoms with Crippen LogP contribution in [0.2, 0.25) is 0 Å². The molecule has 3 nitrogen and oxygen atoms in total. The van der Waals surface area contributed by atoms with Crippen LogP contribution >= 0.6 is 0 Å². The second-order valence-electron chi connectivity index (χ2n) is 5.57. The van der Waals surface area contributed by atoms with Crippen LogP contribution in [0, 0.1) is 5.41 Å². The van der Waals surface area contributed by atoms with Crippen LogP contribution in [-0.2, 0) is 9.84 Å². The minimum Gasteiger partial charge on any atom is -0.508 e. The molecule has 0 spiro atoms. The average Bonchev–Trinajstić information content (AvgIpc) is 2.38. The third-order valence-electron chi connectivity index (χ3n) is 2.65. The molecule has 2 rings (SSSR count). The molecule has 0 bridgehead atoms. The van der Waals surface area contributed by atoms with E-state index in [0.29, 0.717) is 16.9 Å². The van der Waals surface area contributed by atoms with Gasteiger partial charge in [0.15, 0.2) is 0 Å². The van der Waals surface area contributed by atoms with Gasteiger partial charge in [0.2, 0.25) is 9.84 Å². The molecule has 92 valence electrons. The van der Waals surface area contributed by atoms with E-state index in [4.69, 9.17) is 0 Å². The van der Waals surface area contributed by atoms with Crippen LogP contribution in [0.5, 0.6) is 5.75 Å². The lowest BCUT2D eigenvalue weighted by atomic mass is 9.92. The van der Waals surface area contributed by atoms with E-state index < -0.39 is 9.84 Å². The van der Waals surface area contributed by atoms with Crippen molar-refractivity contribution in [1.82, 2.24) is 0 Å². The predicted molar refractivity (Wildman–Crippen MR) is 67.3 cm³/mol. The van der Waals surface area contributed by atoms with Gasteiger partial charge in [-0.3, -0.25) is 0 Å². The van der Waals surface area contributed by atoms with Crippen molar-refractivity contribution >= 4 is 15.9 Å². The van der Waals surface area contributed by atoms with Gasteiger partial charge in [-0.1, -0.05) is 20.8 Å². The molecular formula is C13H16O3S. The maximum absolute atomic E-state index is 12.2. The molecule has 0 aliphatic carbocycles. The number of benzene rings is 1. The second-order valence-corrected chi connectivity index (χ2v) is 7.54. The summed E-state index contributed by atoms with van der Waals surface area (Å²) in [6.07, 6.45) is 2.21. The van der Waals surface area contributed by atoms with Gasteiger partial charge in [0.25, 0.3) is 0 Å². The van der Waals surface area contributed by atoms with E-state index in [2.05, 4.69) is 0 Å². The first-order chi connectivity index (χ1) is 7.70. The lowest BCUT2D eigenvalue weighted by molar-refractivity contribution is 0.416. The van der Waals surface area contributed by atoms with Crippen LogP contribution < -0.4 is 0 Å². The SMILES string of the molecule is CC(C)(C)CC1=Cc2ccc(O)cc2S1(=O)=O. The van der Waals surface area contributed by atoms with E-state index in [1.54, 1.807) is 12.1 Å². The van der Waals surface area contributed by atoms with Crippen molar-refractivity contribution in [3.63, 3.8) is 0 Å². The topological polar surface area (TPSA) is 54.4 Å². The normalized spacial score (nSPS) is 17.7. The van der Waals surface area contributed by atoms with Gasteiger partial charge in [0.05, 0.1) is 9.80 Å². The molecule has 0 saturated heterocycles. The predicted octanol–water partition coefficient (Wildman–Crippen LogP) is 2.96. The minimum atomic E-state index is -3.40. The van der Waals surface area contributed by atoms with Crippen molar-refractivity contribution < 1.29 is 13.5 Å². The third-order valence-corrected chi connectivity index (χ3v) is 4.54. The summed E-state index contributed by atoms with van der Waals surface area (Å²) in [4.78, 5) is 0.655. The number of aromatic hydroxyl groups is 1. The summed E-state index contributed by atoms with van der Waals surface area (Å²) in [6, 6.07) is 4.46. The van der Waals surface area contributed by atoms with Crippen LogP contribution in [0.25, 0.3) is 6.08 Å². The van der Waals surface area contributed by atoms with Crippen LogP contribution in [0.15, 0.2) is 28.0 Å². The van der Waals surface area contributed by atoms with Crippen molar-refractivity contribution in [1.29, 1.82) is 0 Å². The summed E-state index contributed by atoms with van der Waals surface area (Å²) in [7, 11) is -3.40. The number of rotatable bonds is 1. The molecule has 0 radical (unpaired) electrons. The number of phenolic OH excluding ortho intramolecular Hbond substituents is 1. The van der Waals surface area contributed by atoms with Gasteiger partial charge >= 0.3 is 0 Å². The molecule has 1 aromatic carbocycles. The Morgan fingerprint density at radius 1 is 1.24 bits per heavy atom. The van der Waals surface area contributed by atoms with E-state index in [-0.39, 0.29) is 16.1 Å². The van der Waals surface area contributed by atoms with Gasteiger partial charge in [-0.15, -0.1) is 0 Å². The van der Waals surface area contributed by atoms with Crippen molar-refractivity contribution in [2.75, 3.05) is 0 Å². The lowest BCUT2D eigenvalue weighted by Crippen LogP contribution is -2.10. The zero-order valence-corrected chi connectivity index (χ0v) is 11.0. The van der Waals surface area contributed by atoms with Gasteiger partial charge in [-0.2, -0.15) is 0 Å². The van der Waals surface area contributed by atoms with Crippen LogP contribution in [0.3, 0.4) is 0 Å². The van der Waals surface area contributed by atoms with E-state index in [9.17, 15) is 13.5 Å². The van der Waals surface area contributed by atoms with Gasteiger partial charge in [-0.05, 0) is 41.7 Å². The summed E-state index contributed by atoms with van der Waals surface area (Å²) in [6.45, 7) is 6.01. The molecule has 0 amide bonds. The van der Waals surface area contributed by atoms with Gasteiger partial charge in [0.1, 0.15) is 5.75 Å². The Kier molecular flexibility index (Phi) is 2.58. The molecule has 1 heterocycles. The largest absolute Gasteiger partial charge is 0.508 e. The summed E-state index contributed by atoms with van der Waals surface area (Å²) < 4.78 is 24.5. The first-order valence-electron chi connectivity index (χ1n) is 5.49. The standard InChI is InChI=1S/C13H16O3S/c1-13(2,3)8-11-6-9-4-5-10(14)7-12(9)17(11,15)16/h4-7,14H,8H2,1-3H3. The van der Waals surface area contributed by atoms with Gasteiger partial charge < -0.3 is 5.11 Å². The van der Waals surface area contributed by atoms with E-state index in [0.717, 1.165) is 0 Å². The summed E-state index contributed by atoms with van der Waals surface area (Å²) in [5.74, 6) is -0.0160. The number of fused-ring (bicyclic) bond motifs is 1. The Bertz CT molecular complexity index is 590. The maximum atomic E-state index is 12.2. The molecule has 0 unspecified atom stereocenters. The number of phenols is 1. The summed E-state index contributed by atoms with van der Waals surface area (Å²) in [5, 5.41) is 9.36. The Labute approximate surface area is 102 Å². The molecule has 1 aliphatic rings. The Hall–Kier alpha value is -1.29. The number of hydrogen-bond acceptors (Lipinski definition) is 3. The Morgan fingerprint density at radius 2 is 1.88 bits per heavy atom. The van der Waals surface area contributed by atoms with Gasteiger partial charge in [-0.25, -0.2) is 8.42 Å². The summed E-state index contributed by atoms with van der Waals surface area (Å²) in [5.41, 5.74) is 0.588. The highest BCUT2D eigenvalue weighted by atomic mass is 32.2. The molecule has 17 heavy (non-hydrogen) atoms. The summed E-state index contributed by atoms with van der Waals surface area (Å²) >= 11 is 0. The fourth-order valence-electron chi connectivity index (χ4n) is 1.94. The van der Waals surface area contributed by atoms with Gasteiger partial charge in [0, 0.05) is 0 Å². The first kappa shape index (κ1) is 12.2. The second kappa shape index (κ2) is 3.60. The van der Waals surface area contributed by atoms with Crippen LogP contribution in [0.4, 0.5) is 0 Å². The van der Waals surface area contributed by atoms with Crippen molar-refractivity contribution in [2.24, 2.45) is 5.41 Å².